The van der Waals surface area contributed by atoms with Crippen LogP contribution in [0.3, 0.4) is 0 Å². The van der Waals surface area contributed by atoms with Crippen LogP contribution >= 0.6 is 0 Å². The number of likely N-dealkylation sites (N-methyl/N-ethyl adjacent to an activating group) is 1. The Morgan fingerprint density at radius 1 is 1.36 bits per heavy atom. The van der Waals surface area contributed by atoms with E-state index < -0.39 is 0 Å². The first-order chi connectivity index (χ1) is 6.76. The third-order valence-electron chi connectivity index (χ3n) is 2.18. The summed E-state index contributed by atoms with van der Waals surface area (Å²) in [6, 6.07) is -0.366. The minimum atomic E-state index is -0.366. The van der Waals surface area contributed by atoms with E-state index in [-0.39, 0.29) is 11.9 Å². The molecule has 0 aliphatic heterocycles. The van der Waals surface area contributed by atoms with Crippen molar-refractivity contribution in [2.45, 2.75) is 45.1 Å². The Hall–Kier alpha value is -1.06. The molecule has 0 bridgehead atoms. The molecule has 0 aliphatic rings. The predicted octanol–water partition coefficient (Wildman–Crippen LogP) is 0.817. The largest absolute Gasteiger partial charge is 0.357 e. The summed E-state index contributed by atoms with van der Waals surface area (Å²) in [6.07, 6.45) is 5.75. The molecule has 82 valence electrons. The van der Waals surface area contributed by atoms with Crippen molar-refractivity contribution < 1.29 is 9.59 Å². The van der Waals surface area contributed by atoms with E-state index in [1.54, 1.807) is 7.05 Å². The second-order valence-corrected chi connectivity index (χ2v) is 3.30. The minimum absolute atomic E-state index is 0.117. The van der Waals surface area contributed by atoms with Crippen molar-refractivity contribution in [2.24, 2.45) is 0 Å². The van der Waals surface area contributed by atoms with Crippen molar-refractivity contribution >= 4 is 12.3 Å². The predicted molar refractivity (Wildman–Crippen MR) is 55.8 cm³/mol. The van der Waals surface area contributed by atoms with E-state index in [0.29, 0.717) is 6.41 Å². The maximum atomic E-state index is 11.2. The molecule has 0 aliphatic carbocycles. The van der Waals surface area contributed by atoms with Gasteiger partial charge in [0.2, 0.25) is 12.3 Å². The van der Waals surface area contributed by atoms with Crippen LogP contribution < -0.4 is 10.6 Å². The first-order valence-corrected chi connectivity index (χ1v) is 5.17. The van der Waals surface area contributed by atoms with Crippen molar-refractivity contribution in [2.75, 3.05) is 7.05 Å². The van der Waals surface area contributed by atoms with Crippen molar-refractivity contribution in [3.8, 4) is 0 Å². The standard InChI is InChI=1S/C10H20N2O2/c1-3-4-5-6-7-9(12-8-13)10(14)11-2/h8-9H,3-7H2,1-2H3,(H,11,14)(H,12,13)/t9-/m0/s1. The van der Waals surface area contributed by atoms with Gasteiger partial charge in [-0.3, -0.25) is 9.59 Å². The van der Waals surface area contributed by atoms with Crippen molar-refractivity contribution in [1.29, 1.82) is 0 Å². The molecule has 0 unspecified atom stereocenters. The minimum Gasteiger partial charge on any atom is -0.357 e. The number of nitrogens with one attached hydrogen (secondary N) is 2. The van der Waals surface area contributed by atoms with Crippen LogP contribution in [0.1, 0.15) is 39.0 Å². The lowest BCUT2D eigenvalue weighted by Crippen LogP contribution is -2.42. The summed E-state index contributed by atoms with van der Waals surface area (Å²) < 4.78 is 0. The molecule has 0 aromatic carbocycles. The number of rotatable bonds is 8. The van der Waals surface area contributed by atoms with Gasteiger partial charge < -0.3 is 10.6 Å². The van der Waals surface area contributed by atoms with Crippen LogP contribution in [0.2, 0.25) is 0 Å². The van der Waals surface area contributed by atoms with Gasteiger partial charge in [0.1, 0.15) is 6.04 Å². The van der Waals surface area contributed by atoms with Crippen LogP contribution in [0.15, 0.2) is 0 Å². The molecule has 4 heteroatoms. The number of hydrogen-bond donors (Lipinski definition) is 2. The Balaban J connectivity index is 3.72. The Labute approximate surface area is 85.4 Å². The first kappa shape index (κ1) is 12.9. The summed E-state index contributed by atoms with van der Waals surface area (Å²) in [7, 11) is 1.58. The molecule has 0 radical (unpaired) electrons. The highest BCUT2D eigenvalue weighted by Crippen LogP contribution is 2.05. The smallest absolute Gasteiger partial charge is 0.242 e. The van der Waals surface area contributed by atoms with E-state index in [9.17, 15) is 9.59 Å². The van der Waals surface area contributed by atoms with Gasteiger partial charge in [-0.25, -0.2) is 0 Å². The number of amides is 2. The van der Waals surface area contributed by atoms with Crippen LogP contribution in [0.4, 0.5) is 0 Å². The average molecular weight is 200 g/mol. The summed E-state index contributed by atoms with van der Waals surface area (Å²) in [6.45, 7) is 2.14. The number of carbonyl (C=O) groups excluding carboxylic acids is 2. The molecular formula is C10H20N2O2. The third kappa shape index (κ3) is 5.56. The summed E-state index contributed by atoms with van der Waals surface area (Å²) >= 11 is 0. The van der Waals surface area contributed by atoms with Gasteiger partial charge in [-0.2, -0.15) is 0 Å². The van der Waals surface area contributed by atoms with Crippen molar-refractivity contribution in [1.82, 2.24) is 10.6 Å². The molecule has 0 spiro atoms. The highest BCUT2D eigenvalue weighted by Gasteiger charge is 2.14. The summed E-state index contributed by atoms with van der Waals surface area (Å²) in [5, 5.41) is 5.05. The lowest BCUT2D eigenvalue weighted by molar-refractivity contribution is -0.125. The van der Waals surface area contributed by atoms with E-state index in [1.807, 2.05) is 0 Å². The van der Waals surface area contributed by atoms with Crippen molar-refractivity contribution in [3.05, 3.63) is 0 Å². The maximum absolute atomic E-state index is 11.2. The molecule has 14 heavy (non-hydrogen) atoms. The maximum Gasteiger partial charge on any atom is 0.242 e. The Kier molecular flexibility index (Phi) is 7.89. The molecule has 2 N–H and O–H groups in total. The molecule has 2 amide bonds. The molecule has 0 saturated heterocycles. The van der Waals surface area contributed by atoms with Crippen LogP contribution in [0.5, 0.6) is 0 Å². The van der Waals surface area contributed by atoms with Gasteiger partial charge in [-0.05, 0) is 6.42 Å². The molecule has 0 saturated carbocycles. The third-order valence-corrected chi connectivity index (χ3v) is 2.18. The van der Waals surface area contributed by atoms with Gasteiger partial charge in [0.25, 0.3) is 0 Å². The Morgan fingerprint density at radius 3 is 2.57 bits per heavy atom. The molecule has 0 fully saturated rings. The lowest BCUT2D eigenvalue weighted by Gasteiger charge is -2.13. The van der Waals surface area contributed by atoms with Gasteiger partial charge in [-0.1, -0.05) is 32.6 Å². The molecule has 4 nitrogen and oxygen atoms in total. The summed E-state index contributed by atoms with van der Waals surface area (Å²) in [5.74, 6) is -0.117. The van der Waals surface area contributed by atoms with Crippen LogP contribution in [-0.4, -0.2) is 25.4 Å². The van der Waals surface area contributed by atoms with Gasteiger partial charge >= 0.3 is 0 Å². The van der Waals surface area contributed by atoms with E-state index in [2.05, 4.69) is 17.6 Å². The topological polar surface area (TPSA) is 58.2 Å². The molecular weight excluding hydrogens is 180 g/mol. The van der Waals surface area contributed by atoms with E-state index in [0.717, 1.165) is 19.3 Å². The van der Waals surface area contributed by atoms with Crippen LogP contribution in [0.25, 0.3) is 0 Å². The monoisotopic (exact) mass is 200 g/mol. The summed E-state index contributed by atoms with van der Waals surface area (Å²) in [5.41, 5.74) is 0. The van der Waals surface area contributed by atoms with E-state index in [1.165, 1.54) is 12.8 Å². The number of unbranched alkanes of at least 4 members (excludes halogenated alkanes) is 3. The SMILES string of the molecule is CCCCCC[C@H](NC=O)C(=O)NC. The van der Waals surface area contributed by atoms with Gasteiger partial charge in [0.05, 0.1) is 0 Å². The van der Waals surface area contributed by atoms with E-state index >= 15 is 0 Å². The average Bonchev–Trinajstić information content (AvgIpc) is 2.21. The molecule has 1 atom stereocenters. The number of carbonyl (C=O) groups is 2. The fourth-order valence-electron chi connectivity index (χ4n) is 1.32. The Morgan fingerprint density at radius 2 is 2.07 bits per heavy atom. The van der Waals surface area contributed by atoms with E-state index in [4.69, 9.17) is 0 Å². The second kappa shape index (κ2) is 8.53. The quantitative estimate of drug-likeness (QED) is 0.450. The highest BCUT2D eigenvalue weighted by molar-refractivity contribution is 5.83. The summed E-state index contributed by atoms with van der Waals surface area (Å²) in [4.78, 5) is 21.5. The van der Waals surface area contributed by atoms with Crippen LogP contribution in [0, 0.1) is 0 Å². The second-order valence-electron chi connectivity index (χ2n) is 3.30. The first-order valence-electron chi connectivity index (χ1n) is 5.17. The van der Waals surface area contributed by atoms with Gasteiger partial charge in [-0.15, -0.1) is 0 Å². The normalized spacial score (nSPS) is 11.9. The lowest BCUT2D eigenvalue weighted by atomic mass is 10.1. The zero-order valence-electron chi connectivity index (χ0n) is 9.01. The number of hydrogen-bond acceptors (Lipinski definition) is 2. The zero-order valence-corrected chi connectivity index (χ0v) is 9.01. The molecule has 0 aromatic heterocycles. The van der Waals surface area contributed by atoms with Crippen molar-refractivity contribution in [3.63, 3.8) is 0 Å². The van der Waals surface area contributed by atoms with Gasteiger partial charge in [0.15, 0.2) is 0 Å². The zero-order chi connectivity index (χ0) is 10.8. The van der Waals surface area contributed by atoms with Crippen LogP contribution in [-0.2, 0) is 9.59 Å². The highest BCUT2D eigenvalue weighted by atomic mass is 16.2. The fourth-order valence-corrected chi connectivity index (χ4v) is 1.32. The fraction of sp³-hybridized carbons (Fsp3) is 0.800. The molecule has 0 rings (SSSR count). The Bertz CT molecular complexity index is 172. The van der Waals surface area contributed by atoms with Gasteiger partial charge in [0, 0.05) is 7.05 Å². The molecule has 0 heterocycles. The molecule has 0 aromatic rings.